The molecule has 0 radical (unpaired) electrons. The molecule has 128 valence electrons. The number of carbonyl (C=O) groups excluding carboxylic acids is 1. The predicted octanol–water partition coefficient (Wildman–Crippen LogP) is 3.50. The number of benzene rings is 1. The molecule has 2 N–H and O–H groups in total. The molecule has 0 spiro atoms. The zero-order valence-electron chi connectivity index (χ0n) is 13.5. The Morgan fingerprint density at radius 3 is 2.61 bits per heavy atom. The summed E-state index contributed by atoms with van der Waals surface area (Å²) in [5, 5.41) is 12.0. The smallest absolute Gasteiger partial charge is 0.303 e. The first-order valence-electron chi connectivity index (χ1n) is 7.82. The number of unbranched alkanes of at least 4 members (excludes halogenated alkanes) is 2. The lowest BCUT2D eigenvalue weighted by atomic mass is 10.1. The van der Waals surface area contributed by atoms with E-state index in [4.69, 9.17) is 21.4 Å². The summed E-state index contributed by atoms with van der Waals surface area (Å²) in [6.07, 6.45) is 1.72. The Labute approximate surface area is 142 Å². The fourth-order valence-corrected chi connectivity index (χ4v) is 2.25. The van der Waals surface area contributed by atoms with Gasteiger partial charge in [0.15, 0.2) is 6.10 Å². The number of rotatable bonds is 10. The highest BCUT2D eigenvalue weighted by atomic mass is 35.5. The highest BCUT2D eigenvalue weighted by Gasteiger charge is 2.23. The second-order valence-electron chi connectivity index (χ2n) is 5.74. The van der Waals surface area contributed by atoms with Crippen molar-refractivity contribution >= 4 is 23.5 Å². The summed E-state index contributed by atoms with van der Waals surface area (Å²) in [4.78, 5) is 22.7. The highest BCUT2D eigenvalue weighted by molar-refractivity contribution is 6.30. The lowest BCUT2D eigenvalue weighted by Gasteiger charge is -2.22. The van der Waals surface area contributed by atoms with Gasteiger partial charge in [-0.05, 0) is 37.0 Å². The van der Waals surface area contributed by atoms with E-state index >= 15 is 0 Å². The third-order valence-corrected chi connectivity index (χ3v) is 3.52. The molecule has 0 saturated carbocycles. The van der Waals surface area contributed by atoms with Crippen molar-refractivity contribution < 1.29 is 19.4 Å². The van der Waals surface area contributed by atoms with E-state index in [2.05, 4.69) is 5.32 Å². The van der Waals surface area contributed by atoms with Crippen LogP contribution in [0.2, 0.25) is 5.02 Å². The zero-order valence-corrected chi connectivity index (χ0v) is 14.3. The normalized spacial score (nSPS) is 12.0. The Morgan fingerprint density at radius 2 is 2.00 bits per heavy atom. The first-order chi connectivity index (χ1) is 10.9. The van der Waals surface area contributed by atoms with Gasteiger partial charge in [-0.15, -0.1) is 0 Å². The van der Waals surface area contributed by atoms with E-state index in [0.717, 1.165) is 12.8 Å². The van der Waals surface area contributed by atoms with Crippen LogP contribution in [-0.4, -0.2) is 29.6 Å². The van der Waals surface area contributed by atoms with Gasteiger partial charge in [-0.25, -0.2) is 0 Å². The van der Waals surface area contributed by atoms with Crippen molar-refractivity contribution in [2.75, 3.05) is 6.54 Å². The Bertz CT molecular complexity index is 519. The molecule has 0 aliphatic carbocycles. The number of hydrogen-bond donors (Lipinski definition) is 2. The van der Waals surface area contributed by atoms with Crippen LogP contribution in [0.15, 0.2) is 24.3 Å². The van der Waals surface area contributed by atoms with Crippen LogP contribution < -0.4 is 10.1 Å². The van der Waals surface area contributed by atoms with E-state index < -0.39 is 12.1 Å². The van der Waals surface area contributed by atoms with Gasteiger partial charge in [0.05, 0.1) is 0 Å². The van der Waals surface area contributed by atoms with Gasteiger partial charge in [-0.1, -0.05) is 37.9 Å². The Hall–Kier alpha value is -1.75. The summed E-state index contributed by atoms with van der Waals surface area (Å²) in [6.45, 7) is 4.35. The number of carboxylic acids is 1. The maximum atomic E-state index is 12.3. The topological polar surface area (TPSA) is 75.6 Å². The van der Waals surface area contributed by atoms with E-state index in [1.54, 1.807) is 24.3 Å². The number of carbonyl (C=O) groups is 2. The fourth-order valence-electron chi connectivity index (χ4n) is 2.07. The van der Waals surface area contributed by atoms with Crippen LogP contribution in [0.25, 0.3) is 0 Å². The molecule has 1 aromatic rings. The Balaban J connectivity index is 2.41. The number of amides is 1. The molecule has 1 aromatic carbocycles. The number of hydrogen-bond acceptors (Lipinski definition) is 3. The number of ether oxygens (including phenoxy) is 1. The molecule has 0 aromatic heterocycles. The van der Waals surface area contributed by atoms with E-state index in [1.807, 2.05) is 13.8 Å². The first kappa shape index (κ1) is 19.3. The molecule has 1 rings (SSSR count). The lowest BCUT2D eigenvalue weighted by Crippen LogP contribution is -2.42. The van der Waals surface area contributed by atoms with E-state index in [0.29, 0.717) is 23.7 Å². The summed E-state index contributed by atoms with van der Waals surface area (Å²) in [6, 6.07) is 6.96. The average molecular weight is 342 g/mol. The molecule has 1 atom stereocenters. The van der Waals surface area contributed by atoms with Crippen LogP contribution >= 0.6 is 11.6 Å². The van der Waals surface area contributed by atoms with Crippen molar-refractivity contribution in [1.82, 2.24) is 5.32 Å². The van der Waals surface area contributed by atoms with Gasteiger partial charge >= 0.3 is 5.97 Å². The standard InChI is InChI=1S/C17H24ClNO4/c1-12(2)16(23-14-8-6-7-13(18)11-14)17(22)19-10-5-3-4-9-15(20)21/h6-8,11-12,16H,3-5,9-10H2,1-2H3,(H,19,22)(H,20,21). The summed E-state index contributed by atoms with van der Waals surface area (Å²) < 4.78 is 5.75. The quantitative estimate of drug-likeness (QED) is 0.638. The molecular formula is C17H24ClNO4. The Morgan fingerprint density at radius 1 is 1.26 bits per heavy atom. The second kappa shape index (κ2) is 10.1. The first-order valence-corrected chi connectivity index (χ1v) is 8.19. The van der Waals surface area contributed by atoms with Gasteiger partial charge in [-0.2, -0.15) is 0 Å². The van der Waals surface area contributed by atoms with Crippen molar-refractivity contribution in [3.63, 3.8) is 0 Å². The monoisotopic (exact) mass is 341 g/mol. The van der Waals surface area contributed by atoms with Crippen molar-refractivity contribution in [3.8, 4) is 5.75 Å². The van der Waals surface area contributed by atoms with E-state index in [1.165, 1.54) is 0 Å². The van der Waals surface area contributed by atoms with Crippen LogP contribution in [0.1, 0.15) is 39.5 Å². The van der Waals surface area contributed by atoms with Gasteiger partial charge < -0.3 is 15.2 Å². The maximum Gasteiger partial charge on any atom is 0.303 e. The molecule has 1 unspecified atom stereocenters. The number of nitrogens with one attached hydrogen (secondary N) is 1. The largest absolute Gasteiger partial charge is 0.481 e. The van der Waals surface area contributed by atoms with Gasteiger partial charge in [-0.3, -0.25) is 9.59 Å². The fraction of sp³-hybridized carbons (Fsp3) is 0.529. The number of aliphatic carboxylic acids is 1. The van der Waals surface area contributed by atoms with Gasteiger partial charge in [0.25, 0.3) is 5.91 Å². The van der Waals surface area contributed by atoms with Gasteiger partial charge in [0, 0.05) is 18.0 Å². The van der Waals surface area contributed by atoms with Crippen LogP contribution in [-0.2, 0) is 9.59 Å². The molecular weight excluding hydrogens is 318 g/mol. The summed E-state index contributed by atoms with van der Waals surface area (Å²) in [5.74, 6) is -0.379. The predicted molar refractivity (Wildman–Crippen MR) is 89.8 cm³/mol. The molecule has 0 fully saturated rings. The number of halogens is 1. The van der Waals surface area contributed by atoms with Crippen molar-refractivity contribution in [1.29, 1.82) is 0 Å². The van der Waals surface area contributed by atoms with E-state index in [-0.39, 0.29) is 18.2 Å². The molecule has 23 heavy (non-hydrogen) atoms. The molecule has 1 amide bonds. The molecule has 5 nitrogen and oxygen atoms in total. The summed E-state index contributed by atoms with van der Waals surface area (Å²) in [5.41, 5.74) is 0. The van der Waals surface area contributed by atoms with Crippen LogP contribution in [0, 0.1) is 5.92 Å². The third-order valence-electron chi connectivity index (χ3n) is 3.29. The summed E-state index contributed by atoms with van der Waals surface area (Å²) >= 11 is 5.92. The van der Waals surface area contributed by atoms with Crippen LogP contribution in [0.5, 0.6) is 5.75 Å². The second-order valence-corrected chi connectivity index (χ2v) is 6.17. The minimum absolute atomic E-state index is 0.0148. The minimum atomic E-state index is -0.788. The maximum absolute atomic E-state index is 12.3. The van der Waals surface area contributed by atoms with Gasteiger partial charge in [0.1, 0.15) is 5.75 Å². The van der Waals surface area contributed by atoms with Gasteiger partial charge in [0.2, 0.25) is 0 Å². The molecule has 0 saturated heterocycles. The molecule has 0 aliphatic heterocycles. The SMILES string of the molecule is CC(C)C(Oc1cccc(Cl)c1)C(=O)NCCCCCC(=O)O. The van der Waals surface area contributed by atoms with Crippen LogP contribution in [0.3, 0.4) is 0 Å². The number of carboxylic acid groups (broad SMARTS) is 1. The zero-order chi connectivity index (χ0) is 17.2. The van der Waals surface area contributed by atoms with Crippen molar-refractivity contribution in [3.05, 3.63) is 29.3 Å². The van der Waals surface area contributed by atoms with E-state index in [9.17, 15) is 9.59 Å². The lowest BCUT2D eigenvalue weighted by molar-refractivity contribution is -0.137. The highest BCUT2D eigenvalue weighted by Crippen LogP contribution is 2.20. The van der Waals surface area contributed by atoms with Crippen molar-refractivity contribution in [2.45, 2.75) is 45.6 Å². The molecule has 6 heteroatoms. The Kier molecular flexibility index (Phi) is 8.48. The third kappa shape index (κ3) is 7.88. The van der Waals surface area contributed by atoms with Crippen LogP contribution in [0.4, 0.5) is 0 Å². The van der Waals surface area contributed by atoms with Crippen molar-refractivity contribution in [2.24, 2.45) is 5.92 Å². The minimum Gasteiger partial charge on any atom is -0.481 e. The molecule has 0 bridgehead atoms. The average Bonchev–Trinajstić information content (AvgIpc) is 2.47. The molecule has 0 aliphatic rings. The summed E-state index contributed by atoms with van der Waals surface area (Å²) in [7, 11) is 0. The molecule has 0 heterocycles.